The summed E-state index contributed by atoms with van der Waals surface area (Å²) < 4.78 is 22.7. The van der Waals surface area contributed by atoms with Crippen molar-refractivity contribution in [2.45, 2.75) is 153 Å². The molecular formula is C34H58N2O6. The third-order valence-electron chi connectivity index (χ3n) is 8.38. The molecule has 2 unspecified atom stereocenters. The van der Waals surface area contributed by atoms with Crippen molar-refractivity contribution >= 4 is 11.8 Å². The van der Waals surface area contributed by atoms with Gasteiger partial charge >= 0.3 is 0 Å². The fraction of sp³-hybridized carbons (Fsp3) is 0.824. The molecule has 0 spiro atoms. The number of hydrogen-bond donors (Lipinski definition) is 2. The average Bonchev–Trinajstić information content (AvgIpc) is 3.01. The van der Waals surface area contributed by atoms with Crippen LogP contribution < -0.4 is 10.6 Å². The van der Waals surface area contributed by atoms with Gasteiger partial charge in [0, 0.05) is 38.5 Å². The Hall–Kier alpha value is -1.74. The molecular weight excluding hydrogens is 532 g/mol. The van der Waals surface area contributed by atoms with E-state index >= 15 is 0 Å². The number of amides is 2. The third-order valence-corrected chi connectivity index (χ3v) is 8.38. The van der Waals surface area contributed by atoms with Gasteiger partial charge in [0.1, 0.15) is 0 Å². The zero-order valence-electron chi connectivity index (χ0n) is 26.0. The number of allylic oxidation sites excluding steroid dienone is 2. The maximum absolute atomic E-state index is 12.3. The minimum absolute atomic E-state index is 0.0206. The largest absolute Gasteiger partial charge is 0.353 e. The lowest BCUT2D eigenvalue weighted by atomic mass is 9.86. The summed E-state index contributed by atoms with van der Waals surface area (Å²) in [5, 5.41) is 6.09. The number of unbranched alkanes of at least 4 members (excludes halogenated alkanes) is 10. The molecule has 2 amide bonds. The Labute approximate surface area is 254 Å². The number of hydrogen-bond acceptors (Lipinski definition) is 6. The lowest BCUT2D eigenvalue weighted by molar-refractivity contribution is -0.163. The van der Waals surface area contributed by atoms with Crippen LogP contribution in [-0.2, 0) is 28.5 Å². The Morgan fingerprint density at radius 1 is 0.571 bits per heavy atom. The van der Waals surface area contributed by atoms with E-state index in [1.54, 1.807) is 12.2 Å². The number of ether oxygens (including phenoxy) is 4. The van der Waals surface area contributed by atoms with Gasteiger partial charge in [0.25, 0.3) is 0 Å². The number of carbonyl (C=O) groups is 2. The van der Waals surface area contributed by atoms with Crippen LogP contribution in [-0.4, -0.2) is 62.9 Å². The van der Waals surface area contributed by atoms with Crippen LogP contribution in [0.25, 0.3) is 0 Å². The van der Waals surface area contributed by atoms with Crippen LogP contribution in [0.1, 0.15) is 128 Å². The summed E-state index contributed by atoms with van der Waals surface area (Å²) in [7, 11) is 0. The monoisotopic (exact) mass is 590 g/mol. The van der Waals surface area contributed by atoms with Crippen LogP contribution in [0.15, 0.2) is 24.3 Å². The maximum Gasteiger partial charge on any atom is 0.243 e. The van der Waals surface area contributed by atoms with Gasteiger partial charge in [-0.3, -0.25) is 9.59 Å². The first-order valence-corrected chi connectivity index (χ1v) is 17.1. The van der Waals surface area contributed by atoms with Crippen molar-refractivity contribution < 1.29 is 28.5 Å². The van der Waals surface area contributed by atoms with Gasteiger partial charge in [-0.1, -0.05) is 50.7 Å². The Morgan fingerprint density at radius 3 is 1.40 bits per heavy atom. The van der Waals surface area contributed by atoms with Crippen molar-refractivity contribution in [2.24, 2.45) is 0 Å². The van der Waals surface area contributed by atoms with E-state index < -0.39 is 0 Å². The second-order valence-corrected chi connectivity index (χ2v) is 12.1. The van der Waals surface area contributed by atoms with E-state index in [1.807, 2.05) is 12.2 Å². The second-order valence-electron chi connectivity index (χ2n) is 12.1. The summed E-state index contributed by atoms with van der Waals surface area (Å²) in [5.74, 6) is -0.129. The molecule has 42 heavy (non-hydrogen) atoms. The molecule has 3 rings (SSSR count). The Balaban J connectivity index is 1.09. The molecule has 0 aromatic rings. The quantitative estimate of drug-likeness (QED) is 0.109. The molecule has 2 heterocycles. The van der Waals surface area contributed by atoms with E-state index in [4.69, 9.17) is 18.9 Å². The molecule has 2 saturated heterocycles. The van der Waals surface area contributed by atoms with Gasteiger partial charge in [-0.2, -0.15) is 0 Å². The van der Waals surface area contributed by atoms with Crippen LogP contribution in [0.4, 0.5) is 0 Å². The fourth-order valence-electron chi connectivity index (χ4n) is 5.59. The van der Waals surface area contributed by atoms with E-state index in [0.29, 0.717) is 0 Å². The fourth-order valence-corrected chi connectivity index (χ4v) is 5.59. The van der Waals surface area contributed by atoms with Gasteiger partial charge in [0.15, 0.2) is 12.6 Å². The van der Waals surface area contributed by atoms with Crippen molar-refractivity contribution in [3.8, 4) is 0 Å². The lowest BCUT2D eigenvalue weighted by Gasteiger charge is -2.37. The average molecular weight is 591 g/mol. The Morgan fingerprint density at radius 2 is 1.00 bits per heavy atom. The molecule has 8 heteroatoms. The standard InChI is InChI=1S/C34H58N2O6/c37-31(19-11-7-3-1-5-9-15-25-39-33-21-13-17-27-41-33)35-29-23-24-30(29)36-32(38)20-12-8-4-2-6-10-16-26-40-34-22-14-18-28-42-34/h11-12,19-20,29-30,33-34H,1-10,13-18,21-28H2,(H,35,37)(H,36,38)/t29-,30-,33?,34?/m1/s1. The van der Waals surface area contributed by atoms with Crippen LogP contribution in [0.5, 0.6) is 0 Å². The minimum Gasteiger partial charge on any atom is -0.353 e. The smallest absolute Gasteiger partial charge is 0.243 e. The summed E-state index contributed by atoms with van der Waals surface area (Å²) >= 11 is 0. The highest BCUT2D eigenvalue weighted by Gasteiger charge is 2.32. The highest BCUT2D eigenvalue weighted by atomic mass is 16.7. The molecule has 0 radical (unpaired) electrons. The number of rotatable bonds is 22. The zero-order valence-corrected chi connectivity index (χ0v) is 26.0. The molecule has 0 aromatic carbocycles. The van der Waals surface area contributed by atoms with Crippen LogP contribution in [0.2, 0.25) is 0 Å². The Kier molecular flexibility index (Phi) is 18.8. The maximum atomic E-state index is 12.3. The number of nitrogens with one attached hydrogen (secondary N) is 2. The highest BCUT2D eigenvalue weighted by molar-refractivity contribution is 5.89. The van der Waals surface area contributed by atoms with Crippen molar-refractivity contribution in [2.75, 3.05) is 26.4 Å². The van der Waals surface area contributed by atoms with Gasteiger partial charge in [-0.25, -0.2) is 0 Å². The molecule has 1 aliphatic carbocycles. The minimum atomic E-state index is -0.0644. The molecule has 2 aliphatic heterocycles. The second kappa shape index (κ2) is 22.8. The first kappa shape index (κ1) is 34.7. The Bertz CT molecular complexity index is 712. The predicted octanol–water partition coefficient (Wildman–Crippen LogP) is 6.63. The lowest BCUT2D eigenvalue weighted by Crippen LogP contribution is -2.57. The molecule has 2 N–H and O–H groups in total. The van der Waals surface area contributed by atoms with Gasteiger partial charge in [-0.15, -0.1) is 0 Å². The zero-order chi connectivity index (χ0) is 29.5. The van der Waals surface area contributed by atoms with Crippen LogP contribution in [0.3, 0.4) is 0 Å². The van der Waals surface area contributed by atoms with Gasteiger partial charge in [0.2, 0.25) is 11.8 Å². The molecule has 3 aliphatic rings. The summed E-state index contributed by atoms with van der Waals surface area (Å²) in [6.45, 7) is 3.25. The first-order chi connectivity index (χ1) is 20.7. The van der Waals surface area contributed by atoms with E-state index in [2.05, 4.69) is 10.6 Å². The molecule has 3 fully saturated rings. The van der Waals surface area contributed by atoms with E-state index in [-0.39, 0.29) is 36.5 Å². The topological polar surface area (TPSA) is 95.1 Å². The number of carbonyl (C=O) groups excluding carboxylic acids is 2. The van der Waals surface area contributed by atoms with Crippen molar-refractivity contribution in [3.63, 3.8) is 0 Å². The third kappa shape index (κ3) is 16.2. The van der Waals surface area contributed by atoms with Crippen LogP contribution >= 0.6 is 0 Å². The normalized spacial score (nSPS) is 24.6. The van der Waals surface area contributed by atoms with Gasteiger partial charge in [-0.05, 0) is 102 Å². The summed E-state index contributed by atoms with van der Waals surface area (Å²) in [6, 6.07) is 0.0452. The highest BCUT2D eigenvalue weighted by Crippen LogP contribution is 2.20. The molecule has 4 atom stereocenters. The van der Waals surface area contributed by atoms with E-state index in [9.17, 15) is 9.59 Å². The van der Waals surface area contributed by atoms with Crippen molar-refractivity contribution in [1.29, 1.82) is 0 Å². The predicted molar refractivity (Wildman–Crippen MR) is 166 cm³/mol. The molecule has 240 valence electrons. The molecule has 0 aromatic heterocycles. The van der Waals surface area contributed by atoms with Gasteiger partial charge < -0.3 is 29.6 Å². The van der Waals surface area contributed by atoms with Crippen molar-refractivity contribution in [1.82, 2.24) is 10.6 Å². The van der Waals surface area contributed by atoms with Crippen molar-refractivity contribution in [3.05, 3.63) is 24.3 Å². The first-order valence-electron chi connectivity index (χ1n) is 17.1. The molecule has 1 saturated carbocycles. The van der Waals surface area contributed by atoms with E-state index in [1.165, 1.54) is 51.4 Å². The summed E-state index contributed by atoms with van der Waals surface area (Å²) in [5.41, 5.74) is 0. The van der Waals surface area contributed by atoms with Gasteiger partial charge in [0.05, 0.1) is 0 Å². The van der Waals surface area contributed by atoms with Crippen LogP contribution in [0, 0.1) is 0 Å². The molecule has 0 bridgehead atoms. The SMILES string of the molecule is O=C(C=CCCCCCCCOC1CCCCO1)N[C@@H]1CC[C@H]1NC(=O)C=CCCCCCCCOC1CCCCO1. The summed E-state index contributed by atoms with van der Waals surface area (Å²) in [6.07, 6.45) is 29.1. The molecule has 8 nitrogen and oxygen atoms in total. The van der Waals surface area contributed by atoms with E-state index in [0.717, 1.165) is 103 Å². The summed E-state index contributed by atoms with van der Waals surface area (Å²) in [4.78, 5) is 24.6.